The zero-order valence-corrected chi connectivity index (χ0v) is 19.5. The van der Waals surface area contributed by atoms with Gasteiger partial charge in [0.15, 0.2) is 0 Å². The van der Waals surface area contributed by atoms with Crippen LogP contribution in [0.25, 0.3) is 66.1 Å². The van der Waals surface area contributed by atoms with Crippen molar-refractivity contribution in [2.75, 3.05) is 0 Å². The highest BCUT2D eigenvalue weighted by Gasteiger charge is 2.18. The van der Waals surface area contributed by atoms with E-state index in [0.29, 0.717) is 0 Å². The number of aromatic nitrogens is 2. The van der Waals surface area contributed by atoms with Crippen molar-refractivity contribution in [3.8, 4) is 5.69 Å². The molecule has 0 aliphatic rings. The highest BCUT2D eigenvalue weighted by molar-refractivity contribution is 6.21. The molecule has 7 rings (SSSR count). The second-order valence-electron chi connectivity index (χ2n) is 9.24. The van der Waals surface area contributed by atoms with E-state index in [4.69, 9.17) is 0 Å². The number of rotatable bonds is 3. The summed E-state index contributed by atoms with van der Waals surface area (Å²) >= 11 is 0. The van der Waals surface area contributed by atoms with E-state index < -0.39 is 0 Å². The summed E-state index contributed by atoms with van der Waals surface area (Å²) in [5.74, 6) is 0. The van der Waals surface area contributed by atoms with E-state index in [1.54, 1.807) is 0 Å². The maximum atomic E-state index is 3.90. The predicted molar refractivity (Wildman–Crippen MR) is 152 cm³/mol. The number of aromatic amines is 1. The summed E-state index contributed by atoms with van der Waals surface area (Å²) in [5, 5.41) is 7.57. The Labute approximate surface area is 203 Å². The first-order valence-corrected chi connectivity index (χ1v) is 12.0. The molecule has 0 aliphatic heterocycles. The summed E-state index contributed by atoms with van der Waals surface area (Å²) in [6, 6.07) is 33.0. The van der Waals surface area contributed by atoms with Gasteiger partial charge in [-0.25, -0.2) is 0 Å². The van der Waals surface area contributed by atoms with Crippen LogP contribution in [0.4, 0.5) is 0 Å². The number of hydrogen-bond donors (Lipinski definition) is 1. The van der Waals surface area contributed by atoms with Crippen LogP contribution < -0.4 is 0 Å². The Morgan fingerprint density at radius 2 is 1.43 bits per heavy atom. The molecule has 35 heavy (non-hydrogen) atoms. The number of para-hydroxylation sites is 1. The molecule has 0 aliphatic carbocycles. The lowest BCUT2D eigenvalue weighted by atomic mass is 9.99. The van der Waals surface area contributed by atoms with Gasteiger partial charge in [0.1, 0.15) is 0 Å². The second kappa shape index (κ2) is 7.48. The second-order valence-corrected chi connectivity index (χ2v) is 9.24. The van der Waals surface area contributed by atoms with Crippen LogP contribution in [0.15, 0.2) is 110 Å². The van der Waals surface area contributed by atoms with Gasteiger partial charge in [-0.2, -0.15) is 0 Å². The lowest BCUT2D eigenvalue weighted by Crippen LogP contribution is -1.93. The standard InChI is InChI=1S/C33H24N2/c1-3-4-14-25-21(2)15-16-31-33(25)28-19-27-26-17-22-10-8-9-11-23(22)18-29(26)34-30(27)20-32(28)35(31)24-12-6-5-7-13-24/h3-20,34H,1H2,2H3/b14-4-. The molecule has 5 aromatic carbocycles. The van der Waals surface area contributed by atoms with Gasteiger partial charge in [-0.1, -0.05) is 73.3 Å². The van der Waals surface area contributed by atoms with Crippen LogP contribution in [0.2, 0.25) is 0 Å². The molecular formula is C33H24N2. The fourth-order valence-corrected chi connectivity index (χ4v) is 5.56. The first kappa shape index (κ1) is 19.9. The zero-order valence-electron chi connectivity index (χ0n) is 19.5. The highest BCUT2D eigenvalue weighted by atomic mass is 15.0. The van der Waals surface area contributed by atoms with Crippen molar-refractivity contribution in [1.29, 1.82) is 0 Å². The van der Waals surface area contributed by atoms with Gasteiger partial charge < -0.3 is 9.55 Å². The monoisotopic (exact) mass is 448 g/mol. The average molecular weight is 449 g/mol. The van der Waals surface area contributed by atoms with Crippen LogP contribution in [-0.2, 0) is 0 Å². The lowest BCUT2D eigenvalue weighted by molar-refractivity contribution is 1.18. The van der Waals surface area contributed by atoms with E-state index in [1.165, 1.54) is 60.0 Å². The molecular weight excluding hydrogens is 424 g/mol. The van der Waals surface area contributed by atoms with Crippen LogP contribution in [0, 0.1) is 6.92 Å². The number of fused-ring (bicyclic) bond motifs is 7. The van der Waals surface area contributed by atoms with E-state index in [0.717, 1.165) is 11.2 Å². The molecule has 2 aromatic heterocycles. The van der Waals surface area contributed by atoms with Crippen LogP contribution in [0.3, 0.4) is 0 Å². The molecule has 0 amide bonds. The minimum Gasteiger partial charge on any atom is -0.354 e. The molecule has 0 atom stereocenters. The van der Waals surface area contributed by atoms with Gasteiger partial charge >= 0.3 is 0 Å². The molecule has 0 saturated heterocycles. The maximum Gasteiger partial charge on any atom is 0.0562 e. The molecule has 7 aromatic rings. The first-order valence-electron chi connectivity index (χ1n) is 12.0. The molecule has 2 heterocycles. The number of nitrogens with one attached hydrogen (secondary N) is 1. The van der Waals surface area contributed by atoms with Crippen molar-refractivity contribution in [1.82, 2.24) is 9.55 Å². The van der Waals surface area contributed by atoms with Crippen molar-refractivity contribution in [3.05, 3.63) is 121 Å². The van der Waals surface area contributed by atoms with Crippen molar-refractivity contribution >= 4 is 60.5 Å². The van der Waals surface area contributed by atoms with Crippen LogP contribution in [0.1, 0.15) is 11.1 Å². The third kappa shape index (κ3) is 2.90. The zero-order chi connectivity index (χ0) is 23.5. The van der Waals surface area contributed by atoms with Gasteiger partial charge in [-0.05, 0) is 71.3 Å². The Morgan fingerprint density at radius 3 is 2.23 bits per heavy atom. The molecule has 166 valence electrons. The van der Waals surface area contributed by atoms with E-state index in [-0.39, 0.29) is 0 Å². The van der Waals surface area contributed by atoms with Crippen molar-refractivity contribution in [2.45, 2.75) is 6.92 Å². The smallest absolute Gasteiger partial charge is 0.0562 e. The summed E-state index contributed by atoms with van der Waals surface area (Å²) in [6.07, 6.45) is 6.06. The number of H-pyrrole nitrogens is 1. The van der Waals surface area contributed by atoms with Crippen molar-refractivity contribution in [2.24, 2.45) is 0 Å². The Kier molecular flexibility index (Phi) is 4.24. The molecule has 2 nitrogen and oxygen atoms in total. The Hall–Kier alpha value is -4.56. The Balaban J connectivity index is 1.68. The molecule has 0 unspecified atom stereocenters. The van der Waals surface area contributed by atoms with E-state index in [2.05, 4.69) is 120 Å². The minimum atomic E-state index is 1.16. The molecule has 2 heteroatoms. The molecule has 0 radical (unpaired) electrons. The summed E-state index contributed by atoms with van der Waals surface area (Å²) in [5.41, 5.74) is 8.40. The topological polar surface area (TPSA) is 20.7 Å². The van der Waals surface area contributed by atoms with Crippen LogP contribution >= 0.6 is 0 Å². The maximum absolute atomic E-state index is 3.90. The Morgan fingerprint density at radius 1 is 0.714 bits per heavy atom. The normalized spacial score (nSPS) is 12.1. The van der Waals surface area contributed by atoms with Crippen molar-refractivity contribution in [3.63, 3.8) is 0 Å². The summed E-state index contributed by atoms with van der Waals surface area (Å²) in [7, 11) is 0. The summed E-state index contributed by atoms with van der Waals surface area (Å²) in [6.45, 7) is 6.08. The number of benzene rings is 5. The largest absolute Gasteiger partial charge is 0.354 e. The Bertz CT molecular complexity index is 1960. The molecule has 0 bridgehead atoms. The van der Waals surface area contributed by atoms with Crippen LogP contribution in [0.5, 0.6) is 0 Å². The molecule has 0 saturated carbocycles. The van der Waals surface area contributed by atoms with Gasteiger partial charge in [-0.15, -0.1) is 0 Å². The van der Waals surface area contributed by atoms with E-state index in [1.807, 2.05) is 12.2 Å². The van der Waals surface area contributed by atoms with Gasteiger partial charge in [0.05, 0.1) is 11.0 Å². The average Bonchev–Trinajstić information content (AvgIpc) is 3.40. The molecule has 1 N–H and O–H groups in total. The molecule has 0 spiro atoms. The van der Waals surface area contributed by atoms with E-state index in [9.17, 15) is 0 Å². The number of allylic oxidation sites excluding steroid dienone is 2. The lowest BCUT2D eigenvalue weighted by Gasteiger charge is -2.08. The van der Waals surface area contributed by atoms with E-state index >= 15 is 0 Å². The number of nitrogens with zero attached hydrogens (tertiary/aromatic N) is 1. The minimum absolute atomic E-state index is 1.16. The summed E-state index contributed by atoms with van der Waals surface area (Å²) < 4.78 is 2.39. The molecule has 0 fully saturated rings. The predicted octanol–water partition coefficient (Wildman–Crippen LogP) is 9.08. The summed E-state index contributed by atoms with van der Waals surface area (Å²) in [4.78, 5) is 3.70. The van der Waals surface area contributed by atoms with Gasteiger partial charge in [0.2, 0.25) is 0 Å². The SMILES string of the molecule is C=C/C=C\c1c(C)ccc2c1c1cc3c(cc1n2-c1ccccc1)[nH]c1cc2ccccc2cc13. The number of aryl methyl sites for hydroxylation is 1. The van der Waals surface area contributed by atoms with Crippen LogP contribution in [-0.4, -0.2) is 9.55 Å². The third-order valence-electron chi connectivity index (χ3n) is 7.19. The highest BCUT2D eigenvalue weighted by Crippen LogP contribution is 2.40. The first-order chi connectivity index (χ1) is 17.2. The fourth-order valence-electron chi connectivity index (χ4n) is 5.56. The fraction of sp³-hybridized carbons (Fsp3) is 0.0303. The quantitative estimate of drug-likeness (QED) is 0.260. The van der Waals surface area contributed by atoms with Crippen molar-refractivity contribution < 1.29 is 0 Å². The van der Waals surface area contributed by atoms with Gasteiger partial charge in [0, 0.05) is 38.3 Å². The van der Waals surface area contributed by atoms with Gasteiger partial charge in [0.25, 0.3) is 0 Å². The number of hydrogen-bond acceptors (Lipinski definition) is 0. The van der Waals surface area contributed by atoms with Gasteiger partial charge in [-0.3, -0.25) is 0 Å². The third-order valence-corrected chi connectivity index (χ3v) is 7.19.